The number of aliphatic hydroxyl groups is 2. The van der Waals surface area contributed by atoms with Crippen molar-refractivity contribution in [1.82, 2.24) is 0 Å². The van der Waals surface area contributed by atoms with Gasteiger partial charge in [0.2, 0.25) is 0 Å². The van der Waals surface area contributed by atoms with Crippen LogP contribution in [0.5, 0.6) is 0 Å². The topological polar surface area (TPSA) is 76.0 Å². The van der Waals surface area contributed by atoms with Crippen molar-refractivity contribution >= 4 is 5.97 Å². The molecule has 0 aromatic heterocycles. The second-order valence-electron chi connectivity index (χ2n) is 8.73. The molecule has 0 saturated carbocycles. The monoisotopic (exact) mass is 442 g/mol. The van der Waals surface area contributed by atoms with Gasteiger partial charge in [0.1, 0.15) is 6.10 Å². The molecule has 2 aliphatic rings. The van der Waals surface area contributed by atoms with Crippen molar-refractivity contribution in [3.63, 3.8) is 0 Å². The number of rotatable bonds is 9. The van der Waals surface area contributed by atoms with Crippen LogP contribution >= 0.6 is 0 Å². The van der Waals surface area contributed by atoms with Crippen molar-refractivity contribution in [1.29, 1.82) is 0 Å². The summed E-state index contributed by atoms with van der Waals surface area (Å²) < 4.78 is 11.2. The summed E-state index contributed by atoms with van der Waals surface area (Å²) in [6, 6.07) is 0. The fourth-order valence-electron chi connectivity index (χ4n) is 3.84. The van der Waals surface area contributed by atoms with Crippen molar-refractivity contribution in [2.45, 2.75) is 77.5 Å². The smallest absolute Gasteiger partial charge is 0.331 e. The van der Waals surface area contributed by atoms with E-state index in [4.69, 9.17) is 9.47 Å². The van der Waals surface area contributed by atoms with Crippen LogP contribution in [0.25, 0.3) is 0 Å². The second kappa shape index (κ2) is 13.4. The highest BCUT2D eigenvalue weighted by Gasteiger charge is 2.35. The molecule has 1 fully saturated rings. The van der Waals surface area contributed by atoms with E-state index < -0.39 is 18.3 Å². The maximum atomic E-state index is 11.3. The molecule has 2 heterocycles. The zero-order chi connectivity index (χ0) is 23.5. The van der Waals surface area contributed by atoms with Gasteiger partial charge < -0.3 is 19.7 Å². The van der Waals surface area contributed by atoms with Gasteiger partial charge in [0.05, 0.1) is 24.4 Å². The van der Waals surface area contributed by atoms with E-state index in [2.05, 4.69) is 19.1 Å². The minimum Gasteiger partial charge on any atom is -0.455 e. The van der Waals surface area contributed by atoms with Gasteiger partial charge in [0.15, 0.2) is 0 Å². The highest BCUT2D eigenvalue weighted by atomic mass is 16.5. The molecule has 0 spiro atoms. The zero-order valence-corrected chi connectivity index (χ0v) is 19.6. The number of carbonyl (C=O) groups is 1. The van der Waals surface area contributed by atoms with Gasteiger partial charge in [-0.2, -0.15) is 0 Å². The van der Waals surface area contributed by atoms with Crippen LogP contribution in [0.1, 0.15) is 47.0 Å². The third kappa shape index (κ3) is 8.73. The summed E-state index contributed by atoms with van der Waals surface area (Å²) in [5, 5.41) is 20.7. The van der Waals surface area contributed by atoms with Gasteiger partial charge in [-0.05, 0) is 32.3 Å². The van der Waals surface area contributed by atoms with Crippen LogP contribution in [-0.2, 0) is 14.3 Å². The first kappa shape index (κ1) is 26.0. The molecule has 0 aromatic rings. The number of carbonyl (C=O) groups excluding carboxylic acids is 1. The Labute approximate surface area is 192 Å². The average molecular weight is 443 g/mol. The third-order valence-corrected chi connectivity index (χ3v) is 5.77. The summed E-state index contributed by atoms with van der Waals surface area (Å²) in [6.45, 7) is 8.06. The molecule has 2 rings (SSSR count). The van der Waals surface area contributed by atoms with Crippen molar-refractivity contribution in [3.8, 4) is 0 Å². The Morgan fingerprint density at radius 2 is 2.09 bits per heavy atom. The minimum absolute atomic E-state index is 0.0147. The van der Waals surface area contributed by atoms with Crippen molar-refractivity contribution in [2.75, 3.05) is 0 Å². The Hall–Kier alpha value is -2.21. The lowest BCUT2D eigenvalue weighted by molar-refractivity contribution is -0.141. The lowest BCUT2D eigenvalue weighted by Crippen LogP contribution is -2.46. The van der Waals surface area contributed by atoms with Gasteiger partial charge >= 0.3 is 5.97 Å². The number of aliphatic hydroxyl groups excluding tert-OH is 2. The summed E-state index contributed by atoms with van der Waals surface area (Å²) >= 11 is 0. The Morgan fingerprint density at radius 1 is 1.31 bits per heavy atom. The zero-order valence-electron chi connectivity index (χ0n) is 19.6. The number of ether oxygens (including phenoxy) is 2. The van der Waals surface area contributed by atoms with Crippen molar-refractivity contribution < 1.29 is 24.5 Å². The molecule has 7 unspecified atom stereocenters. The van der Waals surface area contributed by atoms with Gasteiger partial charge in [-0.15, -0.1) is 0 Å². The molecular weight excluding hydrogens is 404 g/mol. The number of esters is 1. The summed E-state index contributed by atoms with van der Waals surface area (Å²) in [4.78, 5) is 11.3. The molecule has 0 aliphatic carbocycles. The molecule has 2 N–H and O–H groups in total. The SMILES string of the molecule is C/C=C/C1OC(C(O)/C=C/C=C/CC(C)/C=C(C)\C=C\C2CC=CC(=O)O2)CC(O)C1C. The summed E-state index contributed by atoms with van der Waals surface area (Å²) in [7, 11) is 0. The van der Waals surface area contributed by atoms with Crippen LogP contribution in [0.15, 0.2) is 72.4 Å². The fourth-order valence-corrected chi connectivity index (χ4v) is 3.84. The van der Waals surface area contributed by atoms with Crippen molar-refractivity contribution in [3.05, 3.63) is 72.4 Å². The van der Waals surface area contributed by atoms with Gasteiger partial charge in [0.25, 0.3) is 0 Å². The van der Waals surface area contributed by atoms with E-state index in [9.17, 15) is 15.0 Å². The number of hydrogen-bond donors (Lipinski definition) is 2. The molecule has 5 nitrogen and oxygen atoms in total. The van der Waals surface area contributed by atoms with Crippen LogP contribution in [0.4, 0.5) is 0 Å². The molecule has 32 heavy (non-hydrogen) atoms. The van der Waals surface area contributed by atoms with Crippen molar-refractivity contribution in [2.24, 2.45) is 11.8 Å². The van der Waals surface area contributed by atoms with Gasteiger partial charge in [-0.25, -0.2) is 4.79 Å². The number of hydrogen-bond acceptors (Lipinski definition) is 5. The molecular formula is C27H38O5. The maximum Gasteiger partial charge on any atom is 0.331 e. The Balaban J connectivity index is 1.77. The summed E-state index contributed by atoms with van der Waals surface area (Å²) in [5.74, 6) is 0.0754. The van der Waals surface area contributed by atoms with E-state index in [0.717, 1.165) is 12.0 Å². The summed E-state index contributed by atoms with van der Waals surface area (Å²) in [6.07, 6.45) is 20.8. The summed E-state index contributed by atoms with van der Waals surface area (Å²) in [5.41, 5.74) is 1.13. The molecule has 0 radical (unpaired) electrons. The fraction of sp³-hybridized carbons (Fsp3) is 0.519. The molecule has 7 atom stereocenters. The Morgan fingerprint density at radius 3 is 2.81 bits per heavy atom. The highest BCUT2D eigenvalue weighted by molar-refractivity contribution is 5.82. The van der Waals surface area contributed by atoms with Gasteiger partial charge in [0, 0.05) is 24.8 Å². The van der Waals surface area contributed by atoms with Crippen LogP contribution in [0.2, 0.25) is 0 Å². The molecule has 5 heteroatoms. The molecule has 2 aliphatic heterocycles. The first-order chi connectivity index (χ1) is 15.3. The van der Waals surface area contributed by atoms with Crippen LogP contribution < -0.4 is 0 Å². The molecule has 1 saturated heterocycles. The van der Waals surface area contributed by atoms with E-state index >= 15 is 0 Å². The molecule has 176 valence electrons. The third-order valence-electron chi connectivity index (χ3n) is 5.77. The number of allylic oxidation sites excluding steroid dienone is 7. The minimum atomic E-state index is -0.761. The predicted molar refractivity (Wildman–Crippen MR) is 128 cm³/mol. The Bertz CT molecular complexity index is 773. The maximum absolute atomic E-state index is 11.3. The van der Waals surface area contributed by atoms with E-state index in [1.165, 1.54) is 6.08 Å². The van der Waals surface area contributed by atoms with Gasteiger partial charge in [-0.1, -0.05) is 74.1 Å². The standard InChI is InChI=1S/C27H38O5/c1-5-10-25-21(4)24(29)18-26(32-25)23(28)13-8-6-7-11-19(2)17-20(3)15-16-22-12-9-14-27(30)31-22/h5-10,13-17,19,21-26,28-29H,11-12,18H2,1-4H3/b7-6+,10-5+,13-8+,16-15+,20-17-. The second-order valence-corrected chi connectivity index (χ2v) is 8.73. The molecule has 0 aromatic carbocycles. The lowest BCUT2D eigenvalue weighted by atomic mass is 9.88. The normalized spacial score (nSPS) is 31.8. The van der Waals surface area contributed by atoms with Crippen LogP contribution in [0, 0.1) is 11.8 Å². The number of cyclic esters (lactones) is 1. The predicted octanol–water partition coefficient (Wildman–Crippen LogP) is 4.59. The Kier molecular flexibility index (Phi) is 10.9. The average Bonchev–Trinajstić information content (AvgIpc) is 2.75. The van der Waals surface area contributed by atoms with Crippen LogP contribution in [0.3, 0.4) is 0 Å². The van der Waals surface area contributed by atoms with Gasteiger partial charge in [-0.3, -0.25) is 0 Å². The van der Waals surface area contributed by atoms with E-state index in [0.29, 0.717) is 18.8 Å². The highest BCUT2D eigenvalue weighted by Crippen LogP contribution is 2.28. The molecule has 0 bridgehead atoms. The first-order valence-corrected chi connectivity index (χ1v) is 11.5. The van der Waals surface area contributed by atoms with E-state index in [1.807, 2.05) is 63.3 Å². The quantitative estimate of drug-likeness (QED) is 0.310. The van der Waals surface area contributed by atoms with E-state index in [1.54, 1.807) is 6.08 Å². The largest absolute Gasteiger partial charge is 0.455 e. The van der Waals surface area contributed by atoms with Crippen LogP contribution in [-0.4, -0.2) is 46.7 Å². The van der Waals surface area contributed by atoms with E-state index in [-0.39, 0.29) is 24.1 Å². The lowest BCUT2D eigenvalue weighted by Gasteiger charge is -2.38. The first-order valence-electron chi connectivity index (χ1n) is 11.5. The molecule has 0 amide bonds.